The summed E-state index contributed by atoms with van der Waals surface area (Å²) in [7, 11) is 17.1. The summed E-state index contributed by atoms with van der Waals surface area (Å²) in [5, 5.41) is 0. The first-order valence-corrected chi connectivity index (χ1v) is 31.6. The van der Waals surface area contributed by atoms with E-state index in [9.17, 15) is 0 Å². The molecule has 4 aromatic carbocycles. The van der Waals surface area contributed by atoms with E-state index in [1.807, 2.05) is 0 Å². The molecule has 4 aromatic rings. The maximum atomic E-state index is 8.57. The second-order valence-electron chi connectivity index (χ2n) is 13.2. The van der Waals surface area contributed by atoms with Crippen molar-refractivity contribution < 1.29 is 15.6 Å². The van der Waals surface area contributed by atoms with Gasteiger partial charge in [-0.1, -0.05) is 0 Å². The predicted molar refractivity (Wildman–Crippen MR) is 186 cm³/mol. The second kappa shape index (κ2) is 10.9. The molecule has 0 heterocycles. The number of hydrogen-bond acceptors (Lipinski definition) is 0. The van der Waals surface area contributed by atoms with Crippen LogP contribution in [0.3, 0.4) is 0 Å². The molecule has 0 fully saturated rings. The van der Waals surface area contributed by atoms with Gasteiger partial charge in [-0.05, 0) is 0 Å². The van der Waals surface area contributed by atoms with Crippen LogP contribution in [0.2, 0.25) is 13.1 Å². The van der Waals surface area contributed by atoms with Crippen molar-refractivity contribution in [2.45, 2.75) is 55.0 Å². The fraction of sp³-hybridized carbons (Fsp3) is 0.263. The molecule has 0 aromatic heterocycles. The molecule has 0 amide bonds. The van der Waals surface area contributed by atoms with E-state index in [-0.39, 0.29) is 7.25 Å². The SMILES string of the molecule is CC1=Cc2c(-c3ccccc3C)cc(C)cc2[CH]1[Zr]([Cl])([Cl])([CH]1C(C(C)C)=Cc2c(-c3ccccc3)cccc21)[SiH](C)C. The molecular formula is C38H41Cl2SiZr. The minimum absolute atomic E-state index is 0.0950. The molecule has 0 radical (unpaired) electrons. The number of allylic oxidation sites excluding steroid dienone is 2. The molecule has 42 heavy (non-hydrogen) atoms. The maximum absolute atomic E-state index is 8.57. The molecule has 215 valence electrons. The molecule has 0 aliphatic heterocycles. The van der Waals surface area contributed by atoms with E-state index in [1.165, 1.54) is 66.8 Å². The van der Waals surface area contributed by atoms with Crippen LogP contribution in [0.15, 0.2) is 96.1 Å². The predicted octanol–water partition coefficient (Wildman–Crippen LogP) is 11.9. The van der Waals surface area contributed by atoms with E-state index in [2.05, 4.69) is 145 Å². The Morgan fingerprint density at radius 2 is 1.31 bits per heavy atom. The third-order valence-corrected chi connectivity index (χ3v) is 61.9. The molecule has 0 saturated heterocycles. The first-order chi connectivity index (χ1) is 19.9. The Labute approximate surface area is 261 Å². The Morgan fingerprint density at radius 3 is 1.98 bits per heavy atom. The Morgan fingerprint density at radius 1 is 0.667 bits per heavy atom. The molecule has 2 aliphatic carbocycles. The number of benzene rings is 4. The monoisotopic (exact) mass is 685 g/mol. The molecule has 4 heteroatoms. The molecule has 0 saturated carbocycles. The average molecular weight is 688 g/mol. The van der Waals surface area contributed by atoms with Gasteiger partial charge in [-0.3, -0.25) is 0 Å². The topological polar surface area (TPSA) is 0 Å². The van der Waals surface area contributed by atoms with Crippen molar-refractivity contribution in [1.29, 1.82) is 0 Å². The van der Waals surface area contributed by atoms with Crippen molar-refractivity contribution in [1.82, 2.24) is 0 Å². The number of aryl methyl sites for hydroxylation is 2. The first-order valence-electron chi connectivity index (χ1n) is 15.3. The second-order valence-corrected chi connectivity index (χ2v) is 55.7. The Hall–Kier alpha value is -1.96. The summed E-state index contributed by atoms with van der Waals surface area (Å²) >= 11 is -4.77. The van der Waals surface area contributed by atoms with Gasteiger partial charge in [-0.2, -0.15) is 0 Å². The van der Waals surface area contributed by atoms with Crippen LogP contribution in [0.4, 0.5) is 0 Å². The average Bonchev–Trinajstić information content (AvgIpc) is 3.52. The van der Waals surface area contributed by atoms with E-state index >= 15 is 0 Å². The van der Waals surface area contributed by atoms with Gasteiger partial charge >= 0.3 is 263 Å². The van der Waals surface area contributed by atoms with Crippen LogP contribution in [0, 0.1) is 19.8 Å². The molecule has 6 rings (SSSR count). The number of fused-ring (bicyclic) bond motifs is 2. The summed E-state index contributed by atoms with van der Waals surface area (Å²) in [6.45, 7) is 16.3. The number of rotatable bonds is 6. The van der Waals surface area contributed by atoms with Crippen molar-refractivity contribution >= 4 is 35.1 Å². The zero-order chi connectivity index (χ0) is 30.0. The van der Waals surface area contributed by atoms with Crippen LogP contribution in [0.5, 0.6) is 0 Å². The standard InChI is InChI=1S/2C18H17.C2H7Si.2ClH.Zr/c1-12-8-15-9-13(2)11-18(17(15)10-12)16-7-5-4-6-14(16)3;1-13(2)16-11-15-9-6-10-17(18(15)12-16)14-7-4-3-5-8-14;1-3-2;;;/h4-11H,1-3H3;3-13H,1-2H3;3H,1-2H3;2*1H;/q;;;;;+2/p-2. The van der Waals surface area contributed by atoms with Gasteiger partial charge in [0.05, 0.1) is 0 Å². The van der Waals surface area contributed by atoms with E-state index in [4.69, 9.17) is 17.0 Å². The van der Waals surface area contributed by atoms with Crippen molar-refractivity contribution in [2.75, 3.05) is 0 Å². The van der Waals surface area contributed by atoms with Crippen LogP contribution >= 0.6 is 17.0 Å². The fourth-order valence-electron chi connectivity index (χ4n) is 7.86. The Bertz CT molecular complexity index is 1760. The summed E-state index contributed by atoms with van der Waals surface area (Å²) in [6, 6.07) is 31.1. The molecule has 0 nitrogen and oxygen atoms in total. The van der Waals surface area contributed by atoms with Crippen LogP contribution in [-0.4, -0.2) is 5.92 Å². The van der Waals surface area contributed by atoms with Gasteiger partial charge < -0.3 is 0 Å². The van der Waals surface area contributed by atoms with Crippen LogP contribution in [0.1, 0.15) is 61.4 Å². The molecule has 0 N–H and O–H groups in total. The van der Waals surface area contributed by atoms with E-state index in [1.54, 1.807) is 0 Å². The van der Waals surface area contributed by atoms with E-state index in [0.29, 0.717) is 5.92 Å². The molecule has 2 atom stereocenters. The molecule has 2 unspecified atom stereocenters. The van der Waals surface area contributed by atoms with Gasteiger partial charge in [0.25, 0.3) is 0 Å². The molecule has 2 aliphatic rings. The zero-order valence-corrected chi connectivity index (χ0v) is 30.9. The van der Waals surface area contributed by atoms with Gasteiger partial charge in [0.2, 0.25) is 0 Å². The summed E-state index contributed by atoms with van der Waals surface area (Å²) in [5.41, 5.74) is 15.8. The number of hydrogen-bond donors (Lipinski definition) is 0. The third-order valence-electron chi connectivity index (χ3n) is 9.98. The number of halogens is 2. The van der Waals surface area contributed by atoms with Gasteiger partial charge in [0.1, 0.15) is 0 Å². The summed E-state index contributed by atoms with van der Waals surface area (Å²) in [5.74, 6) is -1.25. The quantitative estimate of drug-likeness (QED) is 0.177. The van der Waals surface area contributed by atoms with Crippen molar-refractivity contribution in [3.63, 3.8) is 0 Å². The summed E-state index contributed by atoms with van der Waals surface area (Å²) in [6.07, 6.45) is 4.89. The van der Waals surface area contributed by atoms with Gasteiger partial charge in [0, 0.05) is 0 Å². The zero-order valence-electron chi connectivity index (χ0n) is 25.8. The minimum atomic E-state index is -4.77. The van der Waals surface area contributed by atoms with Crippen LogP contribution in [-0.2, 0) is 15.6 Å². The first kappa shape index (κ1) is 30.1. The Balaban J connectivity index is 1.62. The molecular weight excluding hydrogens is 647 g/mol. The Kier molecular flexibility index (Phi) is 7.80. The van der Waals surface area contributed by atoms with Crippen LogP contribution in [0.25, 0.3) is 34.4 Å². The molecule has 0 spiro atoms. The van der Waals surface area contributed by atoms with Gasteiger partial charge in [0.15, 0.2) is 0 Å². The third kappa shape index (κ3) is 4.56. The normalized spacial score (nSPS) is 18.9. The van der Waals surface area contributed by atoms with Crippen molar-refractivity contribution in [2.24, 2.45) is 5.92 Å². The van der Waals surface area contributed by atoms with Crippen LogP contribution < -0.4 is 0 Å². The summed E-state index contributed by atoms with van der Waals surface area (Å²) in [4.78, 5) is 0. The van der Waals surface area contributed by atoms with Crippen molar-refractivity contribution in [3.05, 3.63) is 129 Å². The van der Waals surface area contributed by atoms with Gasteiger partial charge in [-0.25, -0.2) is 0 Å². The van der Waals surface area contributed by atoms with Gasteiger partial charge in [-0.15, -0.1) is 0 Å². The fourth-order valence-corrected chi connectivity index (χ4v) is 40.0. The van der Waals surface area contributed by atoms with E-state index < -0.39 is 21.5 Å². The van der Waals surface area contributed by atoms with Crippen molar-refractivity contribution in [3.8, 4) is 22.3 Å². The summed E-state index contributed by atoms with van der Waals surface area (Å²) < 4.78 is 0.194. The van der Waals surface area contributed by atoms with E-state index in [0.717, 1.165) is 0 Å². The molecule has 0 bridgehead atoms.